The van der Waals surface area contributed by atoms with Crippen LogP contribution < -0.4 is 4.74 Å². The normalized spacial score (nSPS) is 14.1. The number of rotatable bonds is 2. The second-order valence-electron chi connectivity index (χ2n) is 2.94. The molecule has 1 aromatic rings. The lowest BCUT2D eigenvalue weighted by molar-refractivity contribution is 0.353. The first kappa shape index (κ1) is 7.93. The minimum absolute atomic E-state index is 0.666. The molecule has 0 atom stereocenters. The molecule has 0 fully saturated rings. The number of aryl methyl sites for hydroxylation is 1. The predicted octanol–water partition coefficient (Wildman–Crippen LogP) is 2.40. The minimum Gasteiger partial charge on any atom is -0.493 e. The van der Waals surface area contributed by atoms with Crippen molar-refractivity contribution in [3.8, 4) is 5.75 Å². The third kappa shape index (κ3) is 1.29. The number of hydrogen-bond acceptors (Lipinski definition) is 1. The fourth-order valence-corrected chi connectivity index (χ4v) is 1.79. The van der Waals surface area contributed by atoms with E-state index in [2.05, 4.69) is 18.2 Å². The van der Waals surface area contributed by atoms with Crippen molar-refractivity contribution in [1.82, 2.24) is 0 Å². The molecule has 0 N–H and O–H groups in total. The van der Waals surface area contributed by atoms with E-state index in [0.717, 1.165) is 25.2 Å². The SMILES string of the molecule is ClCCc1cccc2c1OCC2. The van der Waals surface area contributed by atoms with Crippen molar-refractivity contribution in [1.29, 1.82) is 0 Å². The zero-order chi connectivity index (χ0) is 8.39. The molecule has 1 aliphatic rings. The van der Waals surface area contributed by atoms with Crippen LogP contribution in [0, 0.1) is 0 Å². The smallest absolute Gasteiger partial charge is 0.125 e. The van der Waals surface area contributed by atoms with Crippen LogP contribution in [0.25, 0.3) is 0 Å². The van der Waals surface area contributed by atoms with Gasteiger partial charge in [-0.2, -0.15) is 0 Å². The van der Waals surface area contributed by atoms with Gasteiger partial charge in [-0.05, 0) is 17.5 Å². The average molecular weight is 183 g/mol. The Bertz CT molecular complexity index is 283. The van der Waals surface area contributed by atoms with Gasteiger partial charge in [0, 0.05) is 12.3 Å². The molecule has 1 aliphatic heterocycles. The fourth-order valence-electron chi connectivity index (χ4n) is 1.58. The van der Waals surface area contributed by atoms with Crippen molar-refractivity contribution >= 4 is 11.6 Å². The molecule has 1 aromatic carbocycles. The molecule has 0 bridgehead atoms. The summed E-state index contributed by atoms with van der Waals surface area (Å²) in [4.78, 5) is 0. The number of hydrogen-bond donors (Lipinski definition) is 0. The zero-order valence-electron chi connectivity index (χ0n) is 6.85. The maximum absolute atomic E-state index is 5.68. The van der Waals surface area contributed by atoms with Crippen molar-refractivity contribution in [2.45, 2.75) is 12.8 Å². The summed E-state index contributed by atoms with van der Waals surface area (Å²) in [5, 5.41) is 0. The highest BCUT2D eigenvalue weighted by molar-refractivity contribution is 6.18. The van der Waals surface area contributed by atoms with E-state index in [9.17, 15) is 0 Å². The van der Waals surface area contributed by atoms with E-state index < -0.39 is 0 Å². The van der Waals surface area contributed by atoms with E-state index in [1.54, 1.807) is 0 Å². The van der Waals surface area contributed by atoms with Crippen LogP contribution in [0.3, 0.4) is 0 Å². The van der Waals surface area contributed by atoms with E-state index in [-0.39, 0.29) is 0 Å². The fraction of sp³-hybridized carbons (Fsp3) is 0.400. The Hall–Kier alpha value is -0.690. The van der Waals surface area contributed by atoms with Crippen LogP contribution in [0.4, 0.5) is 0 Å². The number of para-hydroxylation sites is 1. The molecule has 0 saturated heterocycles. The molecule has 0 spiro atoms. The van der Waals surface area contributed by atoms with Gasteiger partial charge in [-0.25, -0.2) is 0 Å². The summed E-state index contributed by atoms with van der Waals surface area (Å²) in [5.41, 5.74) is 2.58. The summed E-state index contributed by atoms with van der Waals surface area (Å²) in [6.07, 6.45) is 1.95. The zero-order valence-corrected chi connectivity index (χ0v) is 7.60. The lowest BCUT2D eigenvalue weighted by Gasteiger charge is -2.05. The Morgan fingerprint density at radius 1 is 1.42 bits per heavy atom. The molecule has 64 valence electrons. The van der Waals surface area contributed by atoms with Crippen LogP contribution in [-0.4, -0.2) is 12.5 Å². The molecule has 1 heterocycles. The highest BCUT2D eigenvalue weighted by atomic mass is 35.5. The van der Waals surface area contributed by atoms with E-state index >= 15 is 0 Å². The molecule has 0 aliphatic carbocycles. The quantitative estimate of drug-likeness (QED) is 0.639. The molecular formula is C10H11ClO. The van der Waals surface area contributed by atoms with Gasteiger partial charge < -0.3 is 4.74 Å². The summed E-state index contributed by atoms with van der Waals surface area (Å²) < 4.78 is 5.52. The van der Waals surface area contributed by atoms with Crippen molar-refractivity contribution in [2.24, 2.45) is 0 Å². The predicted molar refractivity (Wildman–Crippen MR) is 50.1 cm³/mol. The third-order valence-electron chi connectivity index (χ3n) is 2.16. The van der Waals surface area contributed by atoms with Crippen molar-refractivity contribution in [3.05, 3.63) is 29.3 Å². The molecule has 0 unspecified atom stereocenters. The van der Waals surface area contributed by atoms with Gasteiger partial charge in [-0.1, -0.05) is 18.2 Å². The molecule has 0 saturated carbocycles. The molecule has 0 amide bonds. The molecule has 0 radical (unpaired) electrons. The minimum atomic E-state index is 0.666. The van der Waals surface area contributed by atoms with Crippen LogP contribution >= 0.6 is 11.6 Å². The molecule has 2 rings (SSSR count). The monoisotopic (exact) mass is 182 g/mol. The number of alkyl halides is 1. The Balaban J connectivity index is 2.36. The van der Waals surface area contributed by atoms with Crippen molar-refractivity contribution < 1.29 is 4.74 Å². The van der Waals surface area contributed by atoms with Gasteiger partial charge in [-0.3, -0.25) is 0 Å². The molecule has 12 heavy (non-hydrogen) atoms. The van der Waals surface area contributed by atoms with Crippen LogP contribution in [0.2, 0.25) is 0 Å². The van der Waals surface area contributed by atoms with Crippen LogP contribution in [0.5, 0.6) is 5.75 Å². The highest BCUT2D eigenvalue weighted by Gasteiger charge is 2.14. The van der Waals surface area contributed by atoms with Gasteiger partial charge in [-0.15, -0.1) is 11.6 Å². The first-order valence-corrected chi connectivity index (χ1v) is 4.75. The van der Waals surface area contributed by atoms with Gasteiger partial charge in [0.05, 0.1) is 6.61 Å². The van der Waals surface area contributed by atoms with Gasteiger partial charge in [0.2, 0.25) is 0 Å². The topological polar surface area (TPSA) is 9.23 Å². The van der Waals surface area contributed by atoms with Gasteiger partial charge in [0.1, 0.15) is 5.75 Å². The number of halogens is 1. The lowest BCUT2D eigenvalue weighted by atomic mass is 10.1. The Morgan fingerprint density at radius 2 is 2.33 bits per heavy atom. The van der Waals surface area contributed by atoms with Gasteiger partial charge in [0.25, 0.3) is 0 Å². The summed E-state index contributed by atoms with van der Waals surface area (Å²) in [5.74, 6) is 1.75. The van der Waals surface area contributed by atoms with E-state index in [1.165, 1.54) is 11.1 Å². The Kier molecular flexibility index (Phi) is 2.22. The van der Waals surface area contributed by atoms with E-state index in [4.69, 9.17) is 16.3 Å². The van der Waals surface area contributed by atoms with Gasteiger partial charge in [0.15, 0.2) is 0 Å². The largest absolute Gasteiger partial charge is 0.493 e. The highest BCUT2D eigenvalue weighted by Crippen LogP contribution is 2.29. The average Bonchev–Trinajstić information content (AvgIpc) is 2.53. The number of ether oxygens (including phenoxy) is 1. The summed E-state index contributed by atoms with van der Waals surface area (Å²) in [6.45, 7) is 0.828. The van der Waals surface area contributed by atoms with Crippen LogP contribution in [-0.2, 0) is 12.8 Å². The lowest BCUT2D eigenvalue weighted by Crippen LogP contribution is -1.92. The number of benzene rings is 1. The number of fused-ring (bicyclic) bond motifs is 1. The molecule has 1 nitrogen and oxygen atoms in total. The van der Waals surface area contributed by atoms with Crippen LogP contribution in [0.1, 0.15) is 11.1 Å². The summed E-state index contributed by atoms with van der Waals surface area (Å²) in [6, 6.07) is 6.29. The van der Waals surface area contributed by atoms with Crippen LogP contribution in [0.15, 0.2) is 18.2 Å². The Labute approximate surface area is 77.3 Å². The third-order valence-corrected chi connectivity index (χ3v) is 2.35. The van der Waals surface area contributed by atoms with Crippen molar-refractivity contribution in [2.75, 3.05) is 12.5 Å². The van der Waals surface area contributed by atoms with E-state index in [1.807, 2.05) is 0 Å². The maximum atomic E-state index is 5.68. The second kappa shape index (κ2) is 3.36. The summed E-state index contributed by atoms with van der Waals surface area (Å²) in [7, 11) is 0. The molecular weight excluding hydrogens is 172 g/mol. The second-order valence-corrected chi connectivity index (χ2v) is 3.32. The maximum Gasteiger partial charge on any atom is 0.125 e. The standard InChI is InChI=1S/C10H11ClO/c11-6-4-8-2-1-3-9-5-7-12-10(8)9/h1-3H,4-7H2. The van der Waals surface area contributed by atoms with E-state index in [0.29, 0.717) is 5.88 Å². The summed E-state index contributed by atoms with van der Waals surface area (Å²) >= 11 is 5.68. The first-order valence-electron chi connectivity index (χ1n) is 4.21. The first-order chi connectivity index (χ1) is 5.92. The Morgan fingerprint density at radius 3 is 3.17 bits per heavy atom. The molecule has 0 aromatic heterocycles. The molecule has 2 heteroatoms. The van der Waals surface area contributed by atoms with Gasteiger partial charge >= 0.3 is 0 Å². The van der Waals surface area contributed by atoms with Crippen molar-refractivity contribution in [3.63, 3.8) is 0 Å².